The van der Waals surface area contributed by atoms with Crippen LogP contribution in [0.25, 0.3) is 0 Å². The number of hydrogen-bond donors (Lipinski definition) is 2. The Kier molecular flexibility index (Phi) is 3.76. The van der Waals surface area contributed by atoms with Crippen molar-refractivity contribution in [3.63, 3.8) is 0 Å². The third kappa shape index (κ3) is 2.76. The number of nitrogens with one attached hydrogen (secondary N) is 2. The van der Waals surface area contributed by atoms with Gasteiger partial charge in [-0.3, -0.25) is 14.6 Å². The van der Waals surface area contributed by atoms with E-state index in [1.54, 1.807) is 13.8 Å². The molecule has 0 aliphatic carbocycles. The maximum absolute atomic E-state index is 11.8. The third-order valence-electron chi connectivity index (χ3n) is 2.49. The highest BCUT2D eigenvalue weighted by molar-refractivity contribution is 7.94. The number of esters is 1. The van der Waals surface area contributed by atoms with Crippen LogP contribution < -0.4 is 4.72 Å². The van der Waals surface area contributed by atoms with Crippen molar-refractivity contribution in [1.29, 1.82) is 0 Å². The first-order chi connectivity index (χ1) is 7.79. The second-order valence-electron chi connectivity index (χ2n) is 3.63. The number of H-pyrrole nitrogens is 1. The normalized spacial score (nSPS) is 13.2. The molecule has 0 saturated heterocycles. The molecule has 0 bridgehead atoms. The summed E-state index contributed by atoms with van der Waals surface area (Å²) in [6.07, 6.45) is 0. The molecule has 1 aromatic heterocycles. The van der Waals surface area contributed by atoms with Gasteiger partial charge in [0.05, 0.1) is 7.11 Å². The van der Waals surface area contributed by atoms with Crippen molar-refractivity contribution >= 4 is 21.8 Å². The number of anilines is 1. The average Bonchev–Trinajstić information content (AvgIpc) is 2.58. The molecular weight excluding hydrogens is 246 g/mol. The molecule has 0 aliphatic rings. The molecule has 1 atom stereocenters. The first-order valence-corrected chi connectivity index (χ1v) is 6.45. The zero-order valence-electron chi connectivity index (χ0n) is 10.1. The first-order valence-electron chi connectivity index (χ1n) is 4.90. The number of sulfonamides is 1. The lowest BCUT2D eigenvalue weighted by Gasteiger charge is -2.11. The SMILES string of the molecule is COC(=O)C(C)S(=O)(=O)Nc1n[nH]c(C)c1C. The monoisotopic (exact) mass is 261 g/mol. The van der Waals surface area contributed by atoms with E-state index in [0.717, 1.165) is 12.8 Å². The summed E-state index contributed by atoms with van der Waals surface area (Å²) in [6, 6.07) is 0. The van der Waals surface area contributed by atoms with E-state index in [9.17, 15) is 13.2 Å². The Morgan fingerprint density at radius 1 is 1.47 bits per heavy atom. The molecule has 8 heteroatoms. The zero-order chi connectivity index (χ0) is 13.2. The average molecular weight is 261 g/mol. The van der Waals surface area contributed by atoms with Crippen molar-refractivity contribution in [3.05, 3.63) is 11.3 Å². The van der Waals surface area contributed by atoms with Crippen LogP contribution in [-0.4, -0.2) is 36.9 Å². The van der Waals surface area contributed by atoms with Gasteiger partial charge in [0.15, 0.2) is 11.1 Å². The smallest absolute Gasteiger partial charge is 0.325 e. The quantitative estimate of drug-likeness (QED) is 0.760. The van der Waals surface area contributed by atoms with Gasteiger partial charge in [0, 0.05) is 11.3 Å². The number of aromatic amines is 1. The summed E-state index contributed by atoms with van der Waals surface area (Å²) < 4.78 is 30.2. The summed E-state index contributed by atoms with van der Waals surface area (Å²) in [5.41, 5.74) is 1.44. The van der Waals surface area contributed by atoms with E-state index in [-0.39, 0.29) is 5.82 Å². The van der Waals surface area contributed by atoms with Gasteiger partial charge in [-0.25, -0.2) is 8.42 Å². The van der Waals surface area contributed by atoms with Crippen LogP contribution in [0.4, 0.5) is 5.82 Å². The van der Waals surface area contributed by atoms with Crippen molar-refractivity contribution in [3.8, 4) is 0 Å². The largest absolute Gasteiger partial charge is 0.468 e. The Morgan fingerprint density at radius 3 is 2.47 bits per heavy atom. The van der Waals surface area contributed by atoms with Gasteiger partial charge in [-0.15, -0.1) is 0 Å². The van der Waals surface area contributed by atoms with Crippen molar-refractivity contribution in [2.24, 2.45) is 0 Å². The molecule has 0 spiro atoms. The fourth-order valence-corrected chi connectivity index (χ4v) is 2.09. The number of carbonyl (C=O) groups excluding carboxylic acids is 1. The van der Waals surface area contributed by atoms with Gasteiger partial charge in [0.25, 0.3) is 0 Å². The van der Waals surface area contributed by atoms with Crippen molar-refractivity contribution in [2.45, 2.75) is 26.0 Å². The van der Waals surface area contributed by atoms with Crippen LogP contribution in [0, 0.1) is 13.8 Å². The number of hydrogen-bond acceptors (Lipinski definition) is 5. The minimum atomic E-state index is -3.84. The van der Waals surface area contributed by atoms with Crippen LogP contribution >= 0.6 is 0 Å². The second-order valence-corrected chi connectivity index (χ2v) is 5.64. The molecule has 0 saturated carbocycles. The number of aromatic nitrogens is 2. The Labute approximate surface area is 99.6 Å². The predicted molar refractivity (Wildman–Crippen MR) is 62.1 cm³/mol. The summed E-state index contributed by atoms with van der Waals surface area (Å²) in [4.78, 5) is 11.2. The van der Waals surface area contributed by atoms with E-state index in [2.05, 4.69) is 19.7 Å². The Balaban J connectivity index is 2.94. The minimum Gasteiger partial charge on any atom is -0.468 e. The minimum absolute atomic E-state index is 0.193. The van der Waals surface area contributed by atoms with E-state index >= 15 is 0 Å². The maximum atomic E-state index is 11.8. The predicted octanol–water partition coefficient (Wildman–Crippen LogP) is 0.330. The lowest BCUT2D eigenvalue weighted by atomic mass is 10.3. The van der Waals surface area contributed by atoms with Crippen molar-refractivity contribution in [1.82, 2.24) is 10.2 Å². The van der Waals surface area contributed by atoms with Gasteiger partial charge in [0.1, 0.15) is 0 Å². The number of rotatable bonds is 4. The van der Waals surface area contributed by atoms with Crippen LogP contribution in [-0.2, 0) is 19.6 Å². The van der Waals surface area contributed by atoms with Gasteiger partial charge >= 0.3 is 5.97 Å². The second kappa shape index (κ2) is 4.74. The van der Waals surface area contributed by atoms with E-state index in [4.69, 9.17) is 0 Å². The van der Waals surface area contributed by atoms with E-state index < -0.39 is 21.2 Å². The molecular formula is C9H15N3O4S. The summed E-state index contributed by atoms with van der Waals surface area (Å²) >= 11 is 0. The molecule has 2 N–H and O–H groups in total. The number of aryl methyl sites for hydroxylation is 1. The van der Waals surface area contributed by atoms with Gasteiger partial charge in [-0.2, -0.15) is 5.10 Å². The van der Waals surface area contributed by atoms with Gasteiger partial charge < -0.3 is 4.74 Å². The Hall–Kier alpha value is -1.57. The van der Waals surface area contributed by atoms with Crippen molar-refractivity contribution < 1.29 is 17.9 Å². The molecule has 0 radical (unpaired) electrons. The fourth-order valence-electron chi connectivity index (χ4n) is 1.10. The lowest BCUT2D eigenvalue weighted by Crippen LogP contribution is -2.33. The van der Waals surface area contributed by atoms with Crippen LogP contribution in [0.5, 0.6) is 0 Å². The molecule has 7 nitrogen and oxygen atoms in total. The Bertz CT molecular complexity index is 520. The number of ether oxygens (including phenoxy) is 1. The number of carbonyl (C=O) groups is 1. The summed E-state index contributed by atoms with van der Waals surface area (Å²) in [5, 5.41) is 5.16. The van der Waals surface area contributed by atoms with Crippen LogP contribution in [0.15, 0.2) is 0 Å². The molecule has 0 aromatic carbocycles. The molecule has 1 aromatic rings. The highest BCUT2D eigenvalue weighted by atomic mass is 32.2. The number of methoxy groups -OCH3 is 1. The summed E-state index contributed by atoms with van der Waals surface area (Å²) in [5.74, 6) is -0.624. The molecule has 96 valence electrons. The molecule has 1 unspecified atom stereocenters. The number of nitrogens with zero attached hydrogens (tertiary/aromatic N) is 1. The van der Waals surface area contributed by atoms with Crippen LogP contribution in [0.1, 0.15) is 18.2 Å². The van der Waals surface area contributed by atoms with E-state index in [1.807, 2.05) is 0 Å². The van der Waals surface area contributed by atoms with Gasteiger partial charge in [0.2, 0.25) is 10.0 Å². The molecule has 0 aliphatic heterocycles. The molecule has 0 amide bonds. The third-order valence-corrected chi connectivity index (χ3v) is 4.09. The highest BCUT2D eigenvalue weighted by Gasteiger charge is 2.29. The maximum Gasteiger partial charge on any atom is 0.325 e. The topological polar surface area (TPSA) is 101 Å². The lowest BCUT2D eigenvalue weighted by molar-refractivity contribution is -0.139. The Morgan fingerprint density at radius 2 is 2.06 bits per heavy atom. The van der Waals surface area contributed by atoms with E-state index in [0.29, 0.717) is 5.56 Å². The summed E-state index contributed by atoms with van der Waals surface area (Å²) in [6.45, 7) is 4.74. The van der Waals surface area contributed by atoms with Crippen molar-refractivity contribution in [2.75, 3.05) is 11.8 Å². The molecule has 1 heterocycles. The van der Waals surface area contributed by atoms with Gasteiger partial charge in [-0.1, -0.05) is 0 Å². The highest BCUT2D eigenvalue weighted by Crippen LogP contribution is 2.17. The van der Waals surface area contributed by atoms with E-state index in [1.165, 1.54) is 6.92 Å². The molecule has 17 heavy (non-hydrogen) atoms. The van der Waals surface area contributed by atoms with Crippen LogP contribution in [0.3, 0.4) is 0 Å². The first kappa shape index (κ1) is 13.5. The summed E-state index contributed by atoms with van der Waals surface area (Å²) in [7, 11) is -2.70. The standard InChI is InChI=1S/C9H15N3O4S/c1-5-6(2)10-11-8(5)12-17(14,15)7(3)9(13)16-4/h7H,1-4H3,(H2,10,11,12). The molecule has 0 fully saturated rings. The molecule has 1 rings (SSSR count). The van der Waals surface area contributed by atoms with Crippen LogP contribution in [0.2, 0.25) is 0 Å². The zero-order valence-corrected chi connectivity index (χ0v) is 10.9. The fraction of sp³-hybridized carbons (Fsp3) is 0.556. The van der Waals surface area contributed by atoms with Gasteiger partial charge in [-0.05, 0) is 20.8 Å².